The number of carbonyl (C=O) groups is 1. The number of hydrogen-bond donors (Lipinski definition) is 1. The van der Waals surface area contributed by atoms with Crippen LogP contribution in [0.5, 0.6) is 11.5 Å². The van der Waals surface area contributed by atoms with E-state index in [-0.39, 0.29) is 34.2 Å². The van der Waals surface area contributed by atoms with Gasteiger partial charge in [-0.1, -0.05) is 57.2 Å². The molecular weight excluding hydrogens is 526 g/mol. The van der Waals surface area contributed by atoms with Gasteiger partial charge in [0.1, 0.15) is 11.7 Å². The molecule has 2 aromatic carbocycles. The molecule has 2 aromatic rings. The smallest absolute Gasteiger partial charge is 0.343 e. The number of benzene rings is 2. The highest BCUT2D eigenvalue weighted by Crippen LogP contribution is 2.76. The summed E-state index contributed by atoms with van der Waals surface area (Å²) >= 11 is 0. The van der Waals surface area contributed by atoms with Crippen molar-refractivity contribution in [3.63, 3.8) is 0 Å². The summed E-state index contributed by atoms with van der Waals surface area (Å²) in [6.45, 7) is 10.5. The van der Waals surface area contributed by atoms with Gasteiger partial charge in [-0.05, 0) is 80.7 Å². The minimum atomic E-state index is -1.01. The highest BCUT2D eigenvalue weighted by molar-refractivity contribution is 5.91. The Hall–Kier alpha value is -2.67. The van der Waals surface area contributed by atoms with Gasteiger partial charge in [0, 0.05) is 36.6 Å². The number of methoxy groups -OCH3 is 1. The lowest BCUT2D eigenvalue weighted by atomic mass is 9.35. The van der Waals surface area contributed by atoms with Gasteiger partial charge in [0.2, 0.25) is 0 Å². The molecule has 0 aromatic heterocycles. The quantitative estimate of drug-likeness (QED) is 0.273. The summed E-state index contributed by atoms with van der Waals surface area (Å²) in [7, 11) is 1.77. The number of rotatable bonds is 6. The van der Waals surface area contributed by atoms with Crippen LogP contribution in [0.2, 0.25) is 0 Å². The third-order valence-electron chi connectivity index (χ3n) is 12.5. The fourth-order valence-corrected chi connectivity index (χ4v) is 9.74. The van der Waals surface area contributed by atoms with Crippen LogP contribution in [0.1, 0.15) is 74.9 Å². The summed E-state index contributed by atoms with van der Waals surface area (Å²) in [6.07, 6.45) is 9.76. The number of esters is 1. The van der Waals surface area contributed by atoms with E-state index in [0.717, 1.165) is 38.3 Å². The third-order valence-corrected chi connectivity index (χ3v) is 12.5. The summed E-state index contributed by atoms with van der Waals surface area (Å²) in [5.41, 5.74) is 0.286. The molecule has 2 aliphatic heterocycles. The lowest BCUT2D eigenvalue weighted by Gasteiger charge is -2.73. The second-order valence-corrected chi connectivity index (χ2v) is 15.1. The molecule has 2 heterocycles. The van der Waals surface area contributed by atoms with Crippen molar-refractivity contribution in [2.75, 3.05) is 20.2 Å². The van der Waals surface area contributed by atoms with Crippen LogP contribution < -0.4 is 9.47 Å². The number of fused-ring (bicyclic) bond motifs is 1. The molecule has 0 unspecified atom stereocenters. The minimum Gasteiger partial charge on any atom is -0.482 e. The molecule has 7 atom stereocenters. The number of likely N-dealkylation sites (tertiary alicyclic amines) is 1. The monoisotopic (exact) mass is 569 g/mol. The Bertz CT molecular complexity index is 1490. The van der Waals surface area contributed by atoms with Crippen LogP contribution in [0, 0.1) is 22.7 Å². The maximum absolute atomic E-state index is 13.3. The average molecular weight is 570 g/mol. The van der Waals surface area contributed by atoms with Gasteiger partial charge in [-0.15, -0.1) is 0 Å². The van der Waals surface area contributed by atoms with E-state index in [1.807, 2.05) is 31.2 Å². The molecule has 42 heavy (non-hydrogen) atoms. The molecule has 0 amide bonds. The van der Waals surface area contributed by atoms with Crippen molar-refractivity contribution < 1.29 is 24.1 Å². The van der Waals surface area contributed by atoms with Crippen molar-refractivity contribution in [1.29, 1.82) is 0 Å². The zero-order chi connectivity index (χ0) is 29.3. The fraction of sp³-hybridized carbons (Fsp3) is 0.583. The maximum Gasteiger partial charge on any atom is 0.343 e. The van der Waals surface area contributed by atoms with E-state index in [2.05, 4.69) is 43.9 Å². The predicted molar refractivity (Wildman–Crippen MR) is 160 cm³/mol. The van der Waals surface area contributed by atoms with Gasteiger partial charge in [-0.2, -0.15) is 0 Å². The summed E-state index contributed by atoms with van der Waals surface area (Å²) in [4.78, 5) is 16.0. The van der Waals surface area contributed by atoms with Crippen LogP contribution in [0.3, 0.4) is 0 Å². The normalized spacial score (nSPS) is 37.1. The minimum absolute atomic E-state index is 0.173. The van der Waals surface area contributed by atoms with Gasteiger partial charge in [0.05, 0.1) is 16.6 Å². The Labute approximate surface area is 249 Å². The average Bonchev–Trinajstić information content (AvgIpc) is 3.71. The molecule has 2 spiro atoms. The molecule has 6 heteroatoms. The molecular formula is C36H43NO5. The number of aliphatic hydroxyl groups is 1. The van der Waals surface area contributed by atoms with E-state index in [1.54, 1.807) is 19.2 Å². The zero-order valence-corrected chi connectivity index (χ0v) is 25.5. The van der Waals surface area contributed by atoms with Crippen molar-refractivity contribution >= 4 is 5.97 Å². The molecule has 6 nitrogen and oxygen atoms in total. The number of carbonyl (C=O) groups excluding carboxylic acids is 1. The van der Waals surface area contributed by atoms with Gasteiger partial charge in [-0.3, -0.25) is 4.90 Å². The van der Waals surface area contributed by atoms with Crippen molar-refractivity contribution in [2.24, 2.45) is 22.7 Å². The first-order valence-corrected chi connectivity index (χ1v) is 15.8. The fourth-order valence-electron chi connectivity index (χ4n) is 9.74. The highest BCUT2D eigenvalue weighted by atomic mass is 16.6. The Morgan fingerprint density at radius 2 is 1.86 bits per heavy atom. The second-order valence-electron chi connectivity index (χ2n) is 15.1. The van der Waals surface area contributed by atoms with E-state index in [0.29, 0.717) is 23.1 Å². The maximum atomic E-state index is 13.3. The number of ether oxygens (including phenoxy) is 3. The molecule has 222 valence electrons. The second kappa shape index (κ2) is 8.49. The van der Waals surface area contributed by atoms with Crippen molar-refractivity contribution in [2.45, 2.75) is 88.6 Å². The first kappa shape index (κ1) is 26.9. The lowest BCUT2D eigenvalue weighted by molar-refractivity contribution is -0.263. The van der Waals surface area contributed by atoms with E-state index in [9.17, 15) is 9.90 Å². The van der Waals surface area contributed by atoms with Crippen LogP contribution in [-0.2, 0) is 16.6 Å². The van der Waals surface area contributed by atoms with E-state index in [4.69, 9.17) is 14.2 Å². The van der Waals surface area contributed by atoms with Gasteiger partial charge < -0.3 is 19.3 Å². The number of piperidine rings is 1. The van der Waals surface area contributed by atoms with Crippen LogP contribution in [0.4, 0.5) is 0 Å². The van der Waals surface area contributed by atoms with Crippen LogP contribution in [0.25, 0.3) is 0 Å². The topological polar surface area (TPSA) is 68.2 Å². The Morgan fingerprint density at radius 1 is 1.10 bits per heavy atom. The lowest BCUT2D eigenvalue weighted by Crippen LogP contribution is -2.81. The van der Waals surface area contributed by atoms with E-state index < -0.39 is 11.2 Å². The van der Waals surface area contributed by atoms with Gasteiger partial charge in [-0.25, -0.2) is 4.79 Å². The summed E-state index contributed by atoms with van der Waals surface area (Å²) < 4.78 is 19.9. The molecule has 1 saturated heterocycles. The molecule has 7 aliphatic rings. The van der Waals surface area contributed by atoms with Crippen LogP contribution in [0.15, 0.2) is 54.6 Å². The SMILES string of the molecule is CO[C@]12C=C[C@@]3(C[C@@H]1[C@](C)(O)C(C)(C)C)[C@H]1Cc4ccc(OC(=O)c5ccccc5)c5c4[C@@]3(CCN1CC1CC1)[C@H]2O5. The molecule has 3 fully saturated rings. The van der Waals surface area contributed by atoms with Crippen molar-refractivity contribution in [3.8, 4) is 11.5 Å². The summed E-state index contributed by atoms with van der Waals surface area (Å²) in [5.74, 6) is 1.41. The predicted octanol–water partition coefficient (Wildman–Crippen LogP) is 5.70. The molecule has 0 radical (unpaired) electrons. The standard InChI is InChI=1S/C36H43NO5/c1-32(2,3)33(4,39)26-20-34-15-16-36(26,40-5)31-35(34)17-18-37(21-22-11-12-22)27(34)19-24-13-14-25(29(42-31)28(24)35)41-30(38)23-9-7-6-8-10-23/h6-10,13-16,22,26-27,31,39H,11-12,17-21H2,1-5H3/t26-,27-,31-,33+,34-,35+,36-/m1/s1. The molecule has 2 saturated carbocycles. The molecule has 1 N–H and O–H groups in total. The molecule has 4 bridgehead atoms. The zero-order valence-electron chi connectivity index (χ0n) is 25.5. The van der Waals surface area contributed by atoms with Gasteiger partial charge in [0.15, 0.2) is 11.5 Å². The first-order chi connectivity index (χ1) is 20.0. The molecule has 5 aliphatic carbocycles. The van der Waals surface area contributed by atoms with E-state index in [1.165, 1.54) is 24.0 Å². The van der Waals surface area contributed by atoms with Crippen molar-refractivity contribution in [3.05, 3.63) is 71.3 Å². The van der Waals surface area contributed by atoms with Crippen LogP contribution in [-0.4, -0.2) is 59.5 Å². The summed E-state index contributed by atoms with van der Waals surface area (Å²) in [5, 5.41) is 12.4. The molecule has 9 rings (SSSR count). The van der Waals surface area contributed by atoms with Gasteiger partial charge >= 0.3 is 5.97 Å². The Kier molecular flexibility index (Phi) is 5.44. The van der Waals surface area contributed by atoms with Crippen LogP contribution >= 0.6 is 0 Å². The Morgan fingerprint density at radius 3 is 2.55 bits per heavy atom. The Balaban J connectivity index is 1.32. The number of nitrogens with zero attached hydrogens (tertiary/aromatic N) is 1. The largest absolute Gasteiger partial charge is 0.482 e. The third kappa shape index (κ3) is 3.19. The summed E-state index contributed by atoms with van der Waals surface area (Å²) in [6, 6.07) is 13.6. The van der Waals surface area contributed by atoms with Gasteiger partial charge in [0.25, 0.3) is 0 Å². The highest BCUT2D eigenvalue weighted by Gasteiger charge is 2.81. The first-order valence-electron chi connectivity index (χ1n) is 15.8. The number of hydrogen-bond acceptors (Lipinski definition) is 6. The van der Waals surface area contributed by atoms with Crippen molar-refractivity contribution in [1.82, 2.24) is 4.90 Å². The van der Waals surface area contributed by atoms with E-state index >= 15 is 0 Å².